The summed E-state index contributed by atoms with van der Waals surface area (Å²) in [5.74, 6) is 0. The molecule has 0 aliphatic rings. The molecule has 0 fully saturated rings. The molecule has 2 heteroatoms. The van der Waals surface area contributed by atoms with E-state index in [0.717, 1.165) is 17.1 Å². The predicted octanol–water partition coefficient (Wildman–Crippen LogP) is 5.75. The van der Waals surface area contributed by atoms with Crippen LogP contribution in [0.1, 0.15) is 49.8 Å². The molecule has 112 valence electrons. The molecule has 0 amide bonds. The maximum atomic E-state index is 6.24. The lowest BCUT2D eigenvalue weighted by atomic mass is 10.00. The van der Waals surface area contributed by atoms with Crippen molar-refractivity contribution in [2.45, 2.75) is 45.2 Å². The van der Waals surface area contributed by atoms with Crippen LogP contribution < -0.4 is 5.32 Å². The average molecular weight is 302 g/mol. The van der Waals surface area contributed by atoms with Crippen LogP contribution in [0.4, 0.5) is 0 Å². The van der Waals surface area contributed by atoms with Gasteiger partial charge < -0.3 is 5.32 Å². The first-order valence-corrected chi connectivity index (χ1v) is 8.20. The van der Waals surface area contributed by atoms with Crippen LogP contribution in [-0.4, -0.2) is 0 Å². The molecule has 0 spiro atoms. The molecule has 1 N–H and O–H groups in total. The fraction of sp³-hybridized carbons (Fsp3) is 0.368. The summed E-state index contributed by atoms with van der Waals surface area (Å²) in [6.07, 6.45) is 4.97. The minimum absolute atomic E-state index is 0.397. The van der Waals surface area contributed by atoms with Gasteiger partial charge in [0.2, 0.25) is 0 Å². The number of benzene rings is 2. The van der Waals surface area contributed by atoms with Crippen molar-refractivity contribution in [2.75, 3.05) is 0 Å². The molecule has 0 aromatic heterocycles. The predicted molar refractivity (Wildman–Crippen MR) is 91.6 cm³/mol. The molecule has 1 nitrogen and oxygen atoms in total. The number of halogens is 1. The van der Waals surface area contributed by atoms with Crippen molar-refractivity contribution in [3.8, 4) is 0 Å². The molecule has 21 heavy (non-hydrogen) atoms. The van der Waals surface area contributed by atoms with E-state index < -0.39 is 0 Å². The van der Waals surface area contributed by atoms with Gasteiger partial charge in [-0.05, 0) is 23.6 Å². The number of nitrogens with one attached hydrogen (secondary N) is 1. The lowest BCUT2D eigenvalue weighted by Crippen LogP contribution is -2.21. The Kier molecular flexibility index (Phi) is 6.78. The summed E-state index contributed by atoms with van der Waals surface area (Å²) < 4.78 is 0. The van der Waals surface area contributed by atoms with Gasteiger partial charge in [0.25, 0.3) is 0 Å². The van der Waals surface area contributed by atoms with Crippen LogP contribution in [0.25, 0.3) is 0 Å². The second-order valence-electron chi connectivity index (χ2n) is 5.43. The molecule has 1 unspecified atom stereocenters. The van der Waals surface area contributed by atoms with Crippen LogP contribution in [0.15, 0.2) is 54.6 Å². The van der Waals surface area contributed by atoms with Crippen molar-refractivity contribution in [2.24, 2.45) is 0 Å². The van der Waals surface area contributed by atoms with E-state index >= 15 is 0 Å². The van der Waals surface area contributed by atoms with Crippen LogP contribution in [0.2, 0.25) is 5.02 Å². The van der Waals surface area contributed by atoms with Gasteiger partial charge in [0.1, 0.15) is 0 Å². The molecule has 2 aromatic carbocycles. The van der Waals surface area contributed by atoms with Crippen LogP contribution in [0.5, 0.6) is 0 Å². The summed E-state index contributed by atoms with van der Waals surface area (Å²) in [7, 11) is 0. The summed E-state index contributed by atoms with van der Waals surface area (Å²) in [6, 6.07) is 19.1. The molecular weight excluding hydrogens is 278 g/mol. The van der Waals surface area contributed by atoms with Crippen molar-refractivity contribution in [1.29, 1.82) is 0 Å². The minimum atomic E-state index is 0.397. The van der Waals surface area contributed by atoms with E-state index in [1.807, 2.05) is 18.2 Å². The Hall–Kier alpha value is -1.31. The van der Waals surface area contributed by atoms with Gasteiger partial charge >= 0.3 is 0 Å². The molecule has 0 aliphatic heterocycles. The maximum absolute atomic E-state index is 6.24. The Balaban J connectivity index is 2.00. The first-order chi connectivity index (χ1) is 10.3. The number of hydrogen-bond donors (Lipinski definition) is 1. The lowest BCUT2D eigenvalue weighted by Gasteiger charge is -2.20. The molecular formula is C19H24ClN. The monoisotopic (exact) mass is 301 g/mol. The fourth-order valence-corrected chi connectivity index (χ4v) is 2.75. The van der Waals surface area contributed by atoms with Gasteiger partial charge in [-0.3, -0.25) is 0 Å². The van der Waals surface area contributed by atoms with Gasteiger partial charge in [0.05, 0.1) is 0 Å². The van der Waals surface area contributed by atoms with E-state index in [0.29, 0.717) is 6.04 Å². The van der Waals surface area contributed by atoms with E-state index in [2.05, 4.69) is 48.6 Å². The minimum Gasteiger partial charge on any atom is -0.306 e. The largest absolute Gasteiger partial charge is 0.306 e. The molecule has 0 saturated heterocycles. The standard InChI is InChI=1S/C19H24ClN/c1-2-3-5-14-19(16-10-6-4-7-11-16)21-15-17-12-8-9-13-18(17)20/h4,6-13,19,21H,2-3,5,14-15H2,1H3. The highest BCUT2D eigenvalue weighted by atomic mass is 35.5. The Morgan fingerprint density at radius 2 is 1.67 bits per heavy atom. The van der Waals surface area contributed by atoms with Gasteiger partial charge in [-0.1, -0.05) is 86.3 Å². The average Bonchev–Trinajstić information content (AvgIpc) is 2.53. The first kappa shape index (κ1) is 16.1. The van der Waals surface area contributed by atoms with E-state index in [-0.39, 0.29) is 0 Å². The third-order valence-electron chi connectivity index (χ3n) is 3.80. The Morgan fingerprint density at radius 1 is 0.952 bits per heavy atom. The highest BCUT2D eigenvalue weighted by Crippen LogP contribution is 2.22. The summed E-state index contributed by atoms with van der Waals surface area (Å²) in [6.45, 7) is 3.06. The molecule has 2 aromatic rings. The van der Waals surface area contributed by atoms with E-state index in [1.54, 1.807) is 0 Å². The number of unbranched alkanes of at least 4 members (excludes halogenated alkanes) is 2. The molecule has 0 saturated carbocycles. The second-order valence-corrected chi connectivity index (χ2v) is 5.84. The summed E-state index contributed by atoms with van der Waals surface area (Å²) in [4.78, 5) is 0. The first-order valence-electron chi connectivity index (χ1n) is 7.83. The number of rotatable bonds is 8. The zero-order chi connectivity index (χ0) is 14.9. The molecule has 2 rings (SSSR count). The van der Waals surface area contributed by atoms with Gasteiger partial charge in [-0.2, -0.15) is 0 Å². The van der Waals surface area contributed by atoms with E-state index in [4.69, 9.17) is 11.6 Å². The van der Waals surface area contributed by atoms with Gasteiger partial charge in [0, 0.05) is 17.6 Å². The quantitative estimate of drug-likeness (QED) is 0.612. The molecule has 1 atom stereocenters. The zero-order valence-electron chi connectivity index (χ0n) is 12.7. The highest BCUT2D eigenvalue weighted by molar-refractivity contribution is 6.31. The van der Waals surface area contributed by atoms with Crippen molar-refractivity contribution >= 4 is 11.6 Å². The lowest BCUT2D eigenvalue weighted by molar-refractivity contribution is 0.473. The third-order valence-corrected chi connectivity index (χ3v) is 4.16. The summed E-state index contributed by atoms with van der Waals surface area (Å²) in [5, 5.41) is 4.51. The highest BCUT2D eigenvalue weighted by Gasteiger charge is 2.11. The number of hydrogen-bond acceptors (Lipinski definition) is 1. The molecule has 0 radical (unpaired) electrons. The molecule has 0 heterocycles. The van der Waals surface area contributed by atoms with Crippen LogP contribution in [0, 0.1) is 0 Å². The van der Waals surface area contributed by atoms with Crippen molar-refractivity contribution in [3.05, 3.63) is 70.7 Å². The summed E-state index contributed by atoms with van der Waals surface area (Å²) in [5.41, 5.74) is 2.52. The Morgan fingerprint density at radius 3 is 2.38 bits per heavy atom. The topological polar surface area (TPSA) is 12.0 Å². The van der Waals surface area contributed by atoms with Crippen LogP contribution in [-0.2, 0) is 6.54 Å². The summed E-state index contributed by atoms with van der Waals surface area (Å²) >= 11 is 6.24. The smallest absolute Gasteiger partial charge is 0.0450 e. The van der Waals surface area contributed by atoms with Gasteiger partial charge in [-0.25, -0.2) is 0 Å². The van der Waals surface area contributed by atoms with Gasteiger partial charge in [0.15, 0.2) is 0 Å². The maximum Gasteiger partial charge on any atom is 0.0450 e. The SMILES string of the molecule is CCCCCC(NCc1ccccc1Cl)c1ccccc1. The van der Waals surface area contributed by atoms with E-state index in [1.165, 1.54) is 31.2 Å². The van der Waals surface area contributed by atoms with Crippen molar-refractivity contribution in [3.63, 3.8) is 0 Å². The van der Waals surface area contributed by atoms with Crippen LogP contribution >= 0.6 is 11.6 Å². The second kappa shape index (κ2) is 8.86. The molecule has 0 bridgehead atoms. The Labute approximate surface area is 133 Å². The third kappa shape index (κ3) is 5.18. The van der Waals surface area contributed by atoms with Gasteiger partial charge in [-0.15, -0.1) is 0 Å². The van der Waals surface area contributed by atoms with Crippen molar-refractivity contribution in [1.82, 2.24) is 5.32 Å². The molecule has 0 aliphatic carbocycles. The Bertz CT molecular complexity index is 524. The normalized spacial score (nSPS) is 12.3. The van der Waals surface area contributed by atoms with Crippen LogP contribution in [0.3, 0.4) is 0 Å². The van der Waals surface area contributed by atoms with Crippen molar-refractivity contribution < 1.29 is 0 Å². The zero-order valence-corrected chi connectivity index (χ0v) is 13.4. The van der Waals surface area contributed by atoms with E-state index in [9.17, 15) is 0 Å². The fourth-order valence-electron chi connectivity index (χ4n) is 2.55.